The average Bonchev–Trinajstić information content (AvgIpc) is 2.81. The van der Waals surface area contributed by atoms with Crippen molar-refractivity contribution in [2.45, 2.75) is 12.5 Å². The molecule has 0 aromatic heterocycles. The Bertz CT molecular complexity index is 467. The minimum absolute atomic E-state index is 0.0919. The zero-order valence-corrected chi connectivity index (χ0v) is 11.6. The van der Waals surface area contributed by atoms with Crippen molar-refractivity contribution in [1.29, 1.82) is 0 Å². The zero-order valence-electron chi connectivity index (χ0n) is 10.9. The lowest BCUT2D eigenvalue weighted by Crippen LogP contribution is -2.32. The molecule has 1 aliphatic heterocycles. The number of methoxy groups -OCH3 is 1. The third kappa shape index (κ3) is 3.83. The summed E-state index contributed by atoms with van der Waals surface area (Å²) in [5, 5.41) is 3.33. The Kier molecular flexibility index (Phi) is 4.63. The fourth-order valence-corrected chi connectivity index (χ4v) is 2.33. The molecule has 5 nitrogen and oxygen atoms in total. The Morgan fingerprint density at radius 3 is 3.11 bits per heavy atom. The van der Waals surface area contributed by atoms with Gasteiger partial charge in [0, 0.05) is 25.2 Å². The fraction of sp³-hybridized carbons (Fsp3) is 0.462. The van der Waals surface area contributed by atoms with E-state index in [0.717, 1.165) is 19.5 Å². The van der Waals surface area contributed by atoms with Crippen LogP contribution in [0.1, 0.15) is 6.42 Å². The molecule has 1 saturated heterocycles. The molecule has 1 aromatic carbocycles. The van der Waals surface area contributed by atoms with Gasteiger partial charge in [0.1, 0.15) is 0 Å². The lowest BCUT2D eigenvalue weighted by atomic mass is 10.2. The molecule has 19 heavy (non-hydrogen) atoms. The number of ether oxygens (including phenoxy) is 1. The van der Waals surface area contributed by atoms with Crippen LogP contribution in [-0.2, 0) is 9.53 Å². The summed E-state index contributed by atoms with van der Waals surface area (Å²) >= 11 is 5.87. The van der Waals surface area contributed by atoms with Crippen LogP contribution in [0.25, 0.3) is 0 Å². The Balaban J connectivity index is 1.89. The maximum Gasteiger partial charge on any atom is 0.238 e. The van der Waals surface area contributed by atoms with E-state index in [2.05, 4.69) is 10.2 Å². The van der Waals surface area contributed by atoms with Gasteiger partial charge in [0.2, 0.25) is 5.91 Å². The molecule has 1 atom stereocenters. The zero-order chi connectivity index (χ0) is 13.8. The topological polar surface area (TPSA) is 67.6 Å². The number of rotatable bonds is 4. The van der Waals surface area contributed by atoms with Crippen LogP contribution in [0.15, 0.2) is 18.2 Å². The van der Waals surface area contributed by atoms with Crippen LogP contribution >= 0.6 is 11.6 Å². The molecule has 1 amide bonds. The average molecular weight is 284 g/mol. The molecule has 6 heteroatoms. The van der Waals surface area contributed by atoms with Crippen molar-refractivity contribution in [1.82, 2.24) is 4.90 Å². The normalized spacial score (nSPS) is 19.6. The van der Waals surface area contributed by atoms with Crippen molar-refractivity contribution in [3.8, 4) is 0 Å². The van der Waals surface area contributed by atoms with Crippen LogP contribution in [0.5, 0.6) is 0 Å². The highest BCUT2D eigenvalue weighted by molar-refractivity contribution is 6.31. The number of hydrogen-bond acceptors (Lipinski definition) is 4. The Labute approximate surface area is 117 Å². The minimum atomic E-state index is -0.0919. The largest absolute Gasteiger partial charge is 0.397 e. The number of nitrogens with one attached hydrogen (secondary N) is 1. The van der Waals surface area contributed by atoms with E-state index in [4.69, 9.17) is 22.1 Å². The minimum Gasteiger partial charge on any atom is -0.397 e. The summed E-state index contributed by atoms with van der Waals surface area (Å²) < 4.78 is 5.27. The maximum absolute atomic E-state index is 11.9. The molecule has 3 N–H and O–H groups in total. The molecule has 0 bridgehead atoms. The van der Waals surface area contributed by atoms with Gasteiger partial charge in [-0.25, -0.2) is 0 Å². The van der Waals surface area contributed by atoms with Crippen LogP contribution in [0.3, 0.4) is 0 Å². The number of likely N-dealkylation sites (tertiary alicyclic amines) is 1. The second-order valence-electron chi connectivity index (χ2n) is 4.66. The van der Waals surface area contributed by atoms with Crippen LogP contribution in [0.2, 0.25) is 5.02 Å². The van der Waals surface area contributed by atoms with Gasteiger partial charge in [-0.15, -0.1) is 0 Å². The third-order valence-corrected chi connectivity index (χ3v) is 3.45. The summed E-state index contributed by atoms with van der Waals surface area (Å²) in [7, 11) is 1.70. The molecule has 1 unspecified atom stereocenters. The Morgan fingerprint density at radius 1 is 1.63 bits per heavy atom. The molecule has 1 aliphatic rings. The SMILES string of the molecule is COC1CCN(CC(=O)Nc2cc(Cl)ccc2N)C1. The molecule has 2 rings (SSSR count). The predicted octanol–water partition coefficient (Wildman–Crippen LogP) is 1.58. The van der Waals surface area contributed by atoms with Gasteiger partial charge in [-0.3, -0.25) is 9.69 Å². The maximum atomic E-state index is 11.9. The Morgan fingerprint density at radius 2 is 2.42 bits per heavy atom. The Hall–Kier alpha value is -1.30. The molecule has 1 aromatic rings. The molecular weight excluding hydrogens is 266 g/mol. The number of nitrogen functional groups attached to an aromatic ring is 1. The second kappa shape index (κ2) is 6.23. The van der Waals surface area contributed by atoms with E-state index in [1.54, 1.807) is 25.3 Å². The molecule has 1 fully saturated rings. The summed E-state index contributed by atoms with van der Waals surface area (Å²) in [6, 6.07) is 5.02. The van der Waals surface area contributed by atoms with E-state index in [9.17, 15) is 4.79 Å². The van der Waals surface area contributed by atoms with Crippen molar-refractivity contribution in [2.75, 3.05) is 37.8 Å². The molecule has 1 heterocycles. The van der Waals surface area contributed by atoms with Gasteiger partial charge < -0.3 is 15.8 Å². The summed E-state index contributed by atoms with van der Waals surface area (Å²) in [4.78, 5) is 14.0. The standard InChI is InChI=1S/C13H18ClN3O2/c1-19-10-4-5-17(7-10)8-13(18)16-12-6-9(14)2-3-11(12)15/h2-3,6,10H,4-5,7-8,15H2,1H3,(H,16,18). The number of hydrogen-bond donors (Lipinski definition) is 2. The van der Waals surface area contributed by atoms with Gasteiger partial charge in [0.05, 0.1) is 24.0 Å². The van der Waals surface area contributed by atoms with Crippen LogP contribution in [0, 0.1) is 0 Å². The number of nitrogens with zero attached hydrogens (tertiary/aromatic N) is 1. The predicted molar refractivity (Wildman–Crippen MR) is 76.3 cm³/mol. The summed E-state index contributed by atoms with van der Waals surface area (Å²) in [6.45, 7) is 2.00. The van der Waals surface area contributed by atoms with E-state index in [0.29, 0.717) is 22.9 Å². The first kappa shape index (κ1) is 14.1. The van der Waals surface area contributed by atoms with Crippen molar-refractivity contribution >= 4 is 28.9 Å². The van der Waals surface area contributed by atoms with E-state index < -0.39 is 0 Å². The highest BCUT2D eigenvalue weighted by Crippen LogP contribution is 2.23. The summed E-state index contributed by atoms with van der Waals surface area (Å²) in [5.41, 5.74) is 6.85. The number of benzene rings is 1. The molecule has 0 saturated carbocycles. The van der Waals surface area contributed by atoms with Gasteiger partial charge in [-0.05, 0) is 24.6 Å². The lowest BCUT2D eigenvalue weighted by molar-refractivity contribution is -0.117. The fourth-order valence-electron chi connectivity index (χ4n) is 2.16. The first-order valence-electron chi connectivity index (χ1n) is 6.18. The smallest absolute Gasteiger partial charge is 0.238 e. The van der Waals surface area contributed by atoms with Crippen molar-refractivity contribution in [2.24, 2.45) is 0 Å². The van der Waals surface area contributed by atoms with Gasteiger partial charge in [-0.2, -0.15) is 0 Å². The number of carbonyl (C=O) groups excluding carboxylic acids is 1. The molecule has 104 valence electrons. The van der Waals surface area contributed by atoms with Gasteiger partial charge in [0.15, 0.2) is 0 Å². The summed E-state index contributed by atoms with van der Waals surface area (Å²) in [5.74, 6) is -0.0919. The van der Waals surface area contributed by atoms with Crippen molar-refractivity contribution in [3.05, 3.63) is 23.2 Å². The monoisotopic (exact) mass is 283 g/mol. The van der Waals surface area contributed by atoms with Crippen molar-refractivity contribution in [3.63, 3.8) is 0 Å². The van der Waals surface area contributed by atoms with E-state index in [-0.39, 0.29) is 12.0 Å². The van der Waals surface area contributed by atoms with E-state index in [1.165, 1.54) is 0 Å². The highest BCUT2D eigenvalue weighted by Gasteiger charge is 2.23. The van der Waals surface area contributed by atoms with E-state index in [1.807, 2.05) is 0 Å². The van der Waals surface area contributed by atoms with Crippen LogP contribution < -0.4 is 11.1 Å². The molecule has 0 aliphatic carbocycles. The van der Waals surface area contributed by atoms with Crippen LogP contribution in [0.4, 0.5) is 11.4 Å². The van der Waals surface area contributed by atoms with Gasteiger partial charge in [-0.1, -0.05) is 11.6 Å². The quantitative estimate of drug-likeness (QED) is 0.824. The highest BCUT2D eigenvalue weighted by atomic mass is 35.5. The van der Waals surface area contributed by atoms with Crippen molar-refractivity contribution < 1.29 is 9.53 Å². The third-order valence-electron chi connectivity index (χ3n) is 3.22. The number of amides is 1. The molecular formula is C13H18ClN3O2. The van der Waals surface area contributed by atoms with Gasteiger partial charge >= 0.3 is 0 Å². The first-order chi connectivity index (χ1) is 9.08. The first-order valence-corrected chi connectivity index (χ1v) is 6.56. The van der Waals surface area contributed by atoms with Crippen LogP contribution in [-0.4, -0.2) is 43.7 Å². The number of halogens is 1. The number of nitrogens with two attached hydrogens (primary N) is 1. The van der Waals surface area contributed by atoms with E-state index >= 15 is 0 Å². The second-order valence-corrected chi connectivity index (χ2v) is 5.10. The number of carbonyl (C=O) groups is 1. The molecule has 0 spiro atoms. The number of anilines is 2. The lowest BCUT2D eigenvalue weighted by Gasteiger charge is -2.15. The molecule has 0 radical (unpaired) electrons. The van der Waals surface area contributed by atoms with Gasteiger partial charge in [0.25, 0.3) is 0 Å². The summed E-state index contributed by atoms with van der Waals surface area (Å²) in [6.07, 6.45) is 1.19.